The molecular weight excluding hydrogens is 356 g/mol. The van der Waals surface area contributed by atoms with Gasteiger partial charge in [0, 0.05) is 5.56 Å². The Morgan fingerprint density at radius 1 is 1.35 bits per heavy atom. The molecule has 0 aliphatic carbocycles. The van der Waals surface area contributed by atoms with Gasteiger partial charge in [0.2, 0.25) is 11.8 Å². The number of nitrogens with zero attached hydrogens (tertiary/aromatic N) is 1. The van der Waals surface area contributed by atoms with Gasteiger partial charge < -0.3 is 24.1 Å². The van der Waals surface area contributed by atoms with Gasteiger partial charge in [-0.05, 0) is 30.3 Å². The van der Waals surface area contributed by atoms with Crippen LogP contribution in [-0.2, 0) is 16.1 Å². The van der Waals surface area contributed by atoms with Crippen LogP contribution in [0.2, 0.25) is 0 Å². The summed E-state index contributed by atoms with van der Waals surface area (Å²) in [6.45, 7) is 0.256. The number of carbonyl (C=O) groups excluding carboxylic acids is 2. The number of nitrogens with one attached hydrogen (secondary N) is 1. The first-order chi connectivity index (χ1) is 12.6. The Hall–Kier alpha value is -2.61. The lowest BCUT2D eigenvalue weighted by Gasteiger charge is -2.25. The Balaban J connectivity index is 1.73. The molecule has 138 valence electrons. The molecule has 7 nitrogen and oxygen atoms in total. The minimum absolute atomic E-state index is 0.0302. The molecule has 1 aromatic heterocycles. The first-order valence-electron chi connectivity index (χ1n) is 8.04. The number of hydrogen-bond acceptors (Lipinski definition) is 6. The maximum Gasteiger partial charge on any atom is 0.240 e. The van der Waals surface area contributed by atoms with Crippen molar-refractivity contribution in [2.24, 2.45) is 0 Å². The highest BCUT2D eigenvalue weighted by molar-refractivity contribution is 8.00. The van der Waals surface area contributed by atoms with E-state index in [1.165, 1.54) is 11.8 Å². The number of hydrogen-bond donors (Lipinski definition) is 1. The Labute approximate surface area is 155 Å². The van der Waals surface area contributed by atoms with Gasteiger partial charge in [-0.3, -0.25) is 9.59 Å². The van der Waals surface area contributed by atoms with Gasteiger partial charge in [-0.2, -0.15) is 0 Å². The summed E-state index contributed by atoms with van der Waals surface area (Å²) < 4.78 is 15.9. The quantitative estimate of drug-likeness (QED) is 0.798. The lowest BCUT2D eigenvalue weighted by Crippen LogP contribution is -2.39. The number of thioether (sulfide) groups is 1. The predicted molar refractivity (Wildman–Crippen MR) is 97.0 cm³/mol. The fourth-order valence-electron chi connectivity index (χ4n) is 2.72. The lowest BCUT2D eigenvalue weighted by atomic mass is 10.1. The maximum atomic E-state index is 12.3. The van der Waals surface area contributed by atoms with E-state index in [2.05, 4.69) is 5.32 Å². The predicted octanol–water partition coefficient (Wildman–Crippen LogP) is 2.19. The van der Waals surface area contributed by atoms with Crippen molar-refractivity contribution >= 4 is 23.6 Å². The van der Waals surface area contributed by atoms with E-state index in [1.807, 2.05) is 6.07 Å². The van der Waals surface area contributed by atoms with E-state index in [-0.39, 0.29) is 30.3 Å². The van der Waals surface area contributed by atoms with Crippen LogP contribution >= 0.6 is 11.8 Å². The van der Waals surface area contributed by atoms with Crippen molar-refractivity contribution in [3.05, 3.63) is 47.9 Å². The van der Waals surface area contributed by atoms with E-state index in [4.69, 9.17) is 13.9 Å². The van der Waals surface area contributed by atoms with Crippen molar-refractivity contribution < 1.29 is 23.5 Å². The van der Waals surface area contributed by atoms with Crippen molar-refractivity contribution in [1.29, 1.82) is 0 Å². The largest absolute Gasteiger partial charge is 0.497 e. The molecule has 2 amide bonds. The summed E-state index contributed by atoms with van der Waals surface area (Å²) in [4.78, 5) is 26.2. The molecule has 26 heavy (non-hydrogen) atoms. The standard InChI is InChI=1S/C18H20N2O5S/c1-23-12-5-6-15(24-2)14(8-12)18-20(17(22)11-26-18)10-16(21)19-9-13-4-3-7-25-13/h3-8,18H,9-11H2,1-2H3,(H,19,21)/t18-/m0/s1. The van der Waals surface area contributed by atoms with Gasteiger partial charge in [0.25, 0.3) is 0 Å². The molecule has 1 aliphatic heterocycles. The molecule has 1 N–H and O–H groups in total. The van der Waals surface area contributed by atoms with Crippen LogP contribution in [0, 0.1) is 0 Å². The minimum atomic E-state index is -0.304. The molecule has 0 unspecified atom stereocenters. The van der Waals surface area contributed by atoms with Crippen LogP contribution in [0.5, 0.6) is 11.5 Å². The second-order valence-electron chi connectivity index (χ2n) is 5.65. The van der Waals surface area contributed by atoms with Crippen LogP contribution < -0.4 is 14.8 Å². The second kappa shape index (κ2) is 8.18. The Kier molecular flexibility index (Phi) is 5.72. The van der Waals surface area contributed by atoms with Crippen molar-refractivity contribution in [2.75, 3.05) is 26.5 Å². The van der Waals surface area contributed by atoms with Crippen LogP contribution in [0.25, 0.3) is 0 Å². The Bertz CT molecular complexity index is 778. The zero-order valence-electron chi connectivity index (χ0n) is 14.6. The third-order valence-electron chi connectivity index (χ3n) is 4.02. The normalized spacial score (nSPS) is 16.6. The van der Waals surface area contributed by atoms with Gasteiger partial charge in [0.05, 0.1) is 32.8 Å². The molecule has 0 saturated carbocycles. The first kappa shape index (κ1) is 18.2. The molecule has 2 heterocycles. The number of amides is 2. The third-order valence-corrected chi connectivity index (χ3v) is 5.26. The number of benzene rings is 1. The van der Waals surface area contributed by atoms with Crippen molar-refractivity contribution in [2.45, 2.75) is 11.9 Å². The number of methoxy groups -OCH3 is 2. The highest BCUT2D eigenvalue weighted by atomic mass is 32.2. The summed E-state index contributed by atoms with van der Waals surface area (Å²) in [5.74, 6) is 1.96. The van der Waals surface area contributed by atoms with Crippen molar-refractivity contribution in [3.8, 4) is 11.5 Å². The summed E-state index contributed by atoms with van der Waals surface area (Å²) >= 11 is 1.46. The van der Waals surface area contributed by atoms with Crippen LogP contribution in [-0.4, -0.2) is 43.2 Å². The monoisotopic (exact) mass is 376 g/mol. The molecule has 1 saturated heterocycles. The van der Waals surface area contributed by atoms with Gasteiger partial charge in [-0.25, -0.2) is 0 Å². The molecule has 1 fully saturated rings. The molecular formula is C18H20N2O5S. The molecule has 1 aliphatic rings. The third kappa shape index (κ3) is 3.96. The fourth-order valence-corrected chi connectivity index (χ4v) is 3.93. The molecule has 8 heteroatoms. The lowest BCUT2D eigenvalue weighted by molar-refractivity contribution is -0.133. The molecule has 0 radical (unpaired) electrons. The smallest absolute Gasteiger partial charge is 0.240 e. The molecule has 1 aromatic carbocycles. The van der Waals surface area contributed by atoms with Crippen LogP contribution in [0.1, 0.15) is 16.7 Å². The molecule has 1 atom stereocenters. The highest BCUT2D eigenvalue weighted by Crippen LogP contribution is 2.43. The van der Waals surface area contributed by atoms with Crippen LogP contribution in [0.3, 0.4) is 0 Å². The SMILES string of the molecule is COc1ccc(OC)c([C@@H]2SCC(=O)N2CC(=O)NCc2ccco2)c1. The fraction of sp³-hybridized carbons (Fsp3) is 0.333. The zero-order chi connectivity index (χ0) is 18.5. The topological polar surface area (TPSA) is 81.0 Å². The van der Waals surface area contributed by atoms with Gasteiger partial charge >= 0.3 is 0 Å². The maximum absolute atomic E-state index is 12.3. The summed E-state index contributed by atoms with van der Waals surface area (Å²) in [5, 5.41) is 2.46. The van der Waals surface area contributed by atoms with Crippen LogP contribution in [0.15, 0.2) is 41.0 Å². The minimum Gasteiger partial charge on any atom is -0.497 e. The molecule has 0 spiro atoms. The average molecular weight is 376 g/mol. The van der Waals surface area contributed by atoms with E-state index >= 15 is 0 Å². The molecule has 0 bridgehead atoms. The van der Waals surface area contributed by atoms with Crippen LogP contribution in [0.4, 0.5) is 0 Å². The van der Waals surface area contributed by atoms with E-state index in [1.54, 1.807) is 49.6 Å². The van der Waals surface area contributed by atoms with Crippen molar-refractivity contribution in [1.82, 2.24) is 10.2 Å². The number of carbonyl (C=O) groups is 2. The van der Waals surface area contributed by atoms with Crippen molar-refractivity contribution in [3.63, 3.8) is 0 Å². The molecule has 2 aromatic rings. The molecule has 3 rings (SSSR count). The second-order valence-corrected chi connectivity index (χ2v) is 6.72. The summed E-state index contributed by atoms with van der Waals surface area (Å²) in [5.41, 5.74) is 0.807. The summed E-state index contributed by atoms with van der Waals surface area (Å²) in [6, 6.07) is 8.97. The summed E-state index contributed by atoms with van der Waals surface area (Å²) in [6.07, 6.45) is 1.55. The van der Waals surface area contributed by atoms with E-state index in [9.17, 15) is 9.59 Å². The van der Waals surface area contributed by atoms with Gasteiger partial charge in [-0.1, -0.05) is 0 Å². The van der Waals surface area contributed by atoms with Gasteiger partial charge in [0.1, 0.15) is 29.2 Å². The highest BCUT2D eigenvalue weighted by Gasteiger charge is 2.36. The van der Waals surface area contributed by atoms with E-state index in [0.29, 0.717) is 23.0 Å². The Morgan fingerprint density at radius 3 is 2.88 bits per heavy atom. The number of rotatable bonds is 7. The zero-order valence-corrected chi connectivity index (χ0v) is 15.4. The van der Waals surface area contributed by atoms with E-state index < -0.39 is 0 Å². The first-order valence-corrected chi connectivity index (χ1v) is 9.09. The number of ether oxygens (including phenoxy) is 2. The average Bonchev–Trinajstić information content (AvgIpc) is 3.30. The van der Waals surface area contributed by atoms with Gasteiger partial charge in [0.15, 0.2) is 0 Å². The van der Waals surface area contributed by atoms with Gasteiger partial charge in [-0.15, -0.1) is 11.8 Å². The summed E-state index contributed by atoms with van der Waals surface area (Å²) in [7, 11) is 3.16. The number of furan rings is 1. The Morgan fingerprint density at radius 2 is 2.19 bits per heavy atom. The van der Waals surface area contributed by atoms with E-state index in [0.717, 1.165) is 5.56 Å².